The van der Waals surface area contributed by atoms with Gasteiger partial charge >= 0.3 is 0 Å². The third kappa shape index (κ3) is 1.66. The van der Waals surface area contributed by atoms with Crippen molar-refractivity contribution in [3.8, 4) is 0 Å². The lowest BCUT2D eigenvalue weighted by Gasteiger charge is -2.03. The van der Waals surface area contributed by atoms with Crippen LogP contribution >= 0.6 is 23.6 Å². The van der Waals surface area contributed by atoms with Crippen LogP contribution in [0.3, 0.4) is 0 Å². The van der Waals surface area contributed by atoms with Gasteiger partial charge in [-0.25, -0.2) is 0 Å². The van der Waals surface area contributed by atoms with Crippen molar-refractivity contribution in [2.45, 2.75) is 26.8 Å². The lowest BCUT2D eigenvalue weighted by atomic mass is 10.3. The average molecular weight is 240 g/mol. The molecule has 0 spiro atoms. The van der Waals surface area contributed by atoms with Crippen LogP contribution in [0.15, 0.2) is 10.2 Å². The molecule has 0 unspecified atom stereocenters. The van der Waals surface area contributed by atoms with Crippen LogP contribution in [-0.2, 0) is 6.54 Å². The van der Waals surface area contributed by atoms with E-state index in [0.29, 0.717) is 11.3 Å². The first kappa shape index (κ1) is 10.6. The van der Waals surface area contributed by atoms with Crippen molar-refractivity contribution in [2.75, 3.05) is 0 Å². The molecular formula is C10H12N2OS2. The van der Waals surface area contributed by atoms with Crippen LogP contribution in [0.1, 0.15) is 18.9 Å². The van der Waals surface area contributed by atoms with Crippen LogP contribution in [0.5, 0.6) is 0 Å². The summed E-state index contributed by atoms with van der Waals surface area (Å²) in [6.45, 7) is 4.69. The maximum atomic E-state index is 12.0. The van der Waals surface area contributed by atoms with Crippen LogP contribution in [0.25, 0.3) is 10.2 Å². The fraction of sp³-hybridized carbons (Fsp3) is 0.400. The number of thiophene rings is 1. The molecule has 0 aromatic carbocycles. The average Bonchev–Trinajstić information content (AvgIpc) is 2.55. The van der Waals surface area contributed by atoms with E-state index in [4.69, 9.17) is 12.2 Å². The molecule has 3 nitrogen and oxygen atoms in total. The first-order chi connectivity index (χ1) is 7.15. The molecule has 80 valence electrons. The minimum absolute atomic E-state index is 0.0358. The molecule has 0 radical (unpaired) electrons. The number of aromatic amines is 1. The van der Waals surface area contributed by atoms with Crippen molar-refractivity contribution >= 4 is 33.8 Å². The first-order valence-electron chi connectivity index (χ1n) is 4.86. The Labute approximate surface area is 96.4 Å². The molecule has 0 aliphatic heterocycles. The minimum atomic E-state index is 0.0358. The number of nitrogens with one attached hydrogen (secondary N) is 1. The minimum Gasteiger partial charge on any atom is -0.331 e. The largest absolute Gasteiger partial charge is 0.331 e. The zero-order valence-corrected chi connectivity index (χ0v) is 10.3. The van der Waals surface area contributed by atoms with Gasteiger partial charge in [-0.1, -0.05) is 6.92 Å². The van der Waals surface area contributed by atoms with E-state index in [0.717, 1.165) is 22.2 Å². The van der Waals surface area contributed by atoms with Crippen LogP contribution in [0, 0.1) is 11.7 Å². The zero-order valence-electron chi connectivity index (χ0n) is 8.66. The van der Waals surface area contributed by atoms with E-state index in [1.54, 1.807) is 4.57 Å². The van der Waals surface area contributed by atoms with Crippen molar-refractivity contribution in [3.63, 3.8) is 0 Å². The second-order valence-corrected chi connectivity index (χ2v) is 4.78. The molecule has 5 heteroatoms. The van der Waals surface area contributed by atoms with Gasteiger partial charge in [0.2, 0.25) is 0 Å². The van der Waals surface area contributed by atoms with Crippen molar-refractivity contribution < 1.29 is 0 Å². The lowest BCUT2D eigenvalue weighted by molar-refractivity contribution is 0.639. The molecule has 0 atom stereocenters. The van der Waals surface area contributed by atoms with E-state index < -0.39 is 0 Å². The number of hydrogen-bond acceptors (Lipinski definition) is 3. The van der Waals surface area contributed by atoms with Crippen molar-refractivity contribution in [3.05, 3.63) is 26.1 Å². The third-order valence-corrected chi connectivity index (χ3v) is 3.75. The Kier molecular flexibility index (Phi) is 2.75. The van der Waals surface area contributed by atoms with Gasteiger partial charge in [0.05, 0.1) is 5.52 Å². The summed E-state index contributed by atoms with van der Waals surface area (Å²) in [6, 6.07) is 0. The predicted octanol–water partition coefficient (Wildman–Crippen LogP) is 2.84. The molecular weight excluding hydrogens is 228 g/mol. The summed E-state index contributed by atoms with van der Waals surface area (Å²) in [5.41, 5.74) is 2.01. The van der Waals surface area contributed by atoms with Crippen molar-refractivity contribution in [1.29, 1.82) is 0 Å². The highest BCUT2D eigenvalue weighted by molar-refractivity contribution is 7.71. The van der Waals surface area contributed by atoms with Crippen LogP contribution in [0.4, 0.5) is 0 Å². The Morgan fingerprint density at radius 3 is 3.00 bits per heavy atom. The number of H-pyrrole nitrogens is 1. The van der Waals surface area contributed by atoms with Crippen molar-refractivity contribution in [2.24, 2.45) is 0 Å². The van der Waals surface area contributed by atoms with E-state index in [2.05, 4.69) is 4.98 Å². The maximum absolute atomic E-state index is 12.0. The van der Waals surface area contributed by atoms with Crippen LogP contribution in [-0.4, -0.2) is 9.55 Å². The summed E-state index contributed by atoms with van der Waals surface area (Å²) in [7, 11) is 0. The summed E-state index contributed by atoms with van der Waals surface area (Å²) in [5, 5.41) is 1.98. The Bertz CT molecular complexity index is 606. The second kappa shape index (κ2) is 3.90. The predicted molar refractivity (Wildman–Crippen MR) is 66.3 cm³/mol. The normalized spacial score (nSPS) is 11.1. The van der Waals surface area contributed by atoms with Crippen molar-refractivity contribution in [1.82, 2.24) is 9.55 Å². The van der Waals surface area contributed by atoms with Gasteiger partial charge in [0.15, 0.2) is 4.77 Å². The quantitative estimate of drug-likeness (QED) is 0.820. The highest BCUT2D eigenvalue weighted by Crippen LogP contribution is 2.19. The molecule has 15 heavy (non-hydrogen) atoms. The Balaban J connectivity index is 2.86. The Morgan fingerprint density at radius 1 is 1.60 bits per heavy atom. The number of rotatable bonds is 2. The SMILES string of the molecule is CCCn1c(=S)[nH]c2c(C)csc2c1=O. The number of hydrogen-bond donors (Lipinski definition) is 1. The summed E-state index contributed by atoms with van der Waals surface area (Å²) < 4.78 is 2.93. The second-order valence-electron chi connectivity index (χ2n) is 3.51. The molecule has 0 amide bonds. The Morgan fingerprint density at radius 2 is 2.33 bits per heavy atom. The van der Waals surface area contributed by atoms with Gasteiger partial charge in [-0.3, -0.25) is 9.36 Å². The number of aryl methyl sites for hydroxylation is 1. The van der Waals surface area contributed by atoms with E-state index in [9.17, 15) is 4.79 Å². The van der Waals surface area contributed by atoms with E-state index >= 15 is 0 Å². The molecule has 0 saturated carbocycles. The van der Waals surface area contributed by atoms with Gasteiger partial charge in [-0.05, 0) is 36.5 Å². The summed E-state index contributed by atoms with van der Waals surface area (Å²) in [6.07, 6.45) is 0.910. The zero-order chi connectivity index (χ0) is 11.0. The van der Waals surface area contributed by atoms with Gasteiger partial charge in [-0.15, -0.1) is 11.3 Å². The fourth-order valence-corrected chi connectivity index (χ4v) is 2.80. The molecule has 2 heterocycles. The molecule has 2 rings (SSSR count). The molecule has 0 fully saturated rings. The molecule has 1 N–H and O–H groups in total. The fourth-order valence-electron chi connectivity index (χ4n) is 1.57. The first-order valence-corrected chi connectivity index (χ1v) is 6.15. The maximum Gasteiger partial charge on any atom is 0.272 e. The topological polar surface area (TPSA) is 37.8 Å². The summed E-state index contributed by atoms with van der Waals surface area (Å²) in [5.74, 6) is 0. The lowest BCUT2D eigenvalue weighted by Crippen LogP contribution is -2.21. The van der Waals surface area contributed by atoms with Crippen LogP contribution < -0.4 is 5.56 Å². The van der Waals surface area contributed by atoms with Gasteiger partial charge in [0, 0.05) is 6.54 Å². The van der Waals surface area contributed by atoms with Gasteiger partial charge in [0.25, 0.3) is 5.56 Å². The van der Waals surface area contributed by atoms with Gasteiger partial charge in [-0.2, -0.15) is 0 Å². The van der Waals surface area contributed by atoms with Gasteiger partial charge < -0.3 is 4.98 Å². The summed E-state index contributed by atoms with van der Waals surface area (Å²) >= 11 is 6.65. The molecule has 0 saturated heterocycles. The molecule has 0 aliphatic rings. The van der Waals surface area contributed by atoms with Gasteiger partial charge in [0.1, 0.15) is 4.70 Å². The molecule has 2 aromatic rings. The third-order valence-electron chi connectivity index (χ3n) is 2.34. The number of fused-ring (bicyclic) bond motifs is 1. The summed E-state index contributed by atoms with van der Waals surface area (Å²) in [4.78, 5) is 15.2. The van der Waals surface area contributed by atoms with E-state index in [1.807, 2.05) is 19.2 Å². The van der Waals surface area contributed by atoms with E-state index in [1.165, 1.54) is 11.3 Å². The molecule has 0 aliphatic carbocycles. The monoisotopic (exact) mass is 240 g/mol. The number of aromatic nitrogens is 2. The standard InChI is InChI=1S/C10H12N2OS2/c1-3-4-12-9(13)8-7(11-10(12)14)6(2)5-15-8/h5H,3-4H2,1-2H3,(H,11,14). The molecule has 2 aromatic heterocycles. The smallest absolute Gasteiger partial charge is 0.272 e. The highest BCUT2D eigenvalue weighted by Gasteiger charge is 2.08. The van der Waals surface area contributed by atoms with Crippen LogP contribution in [0.2, 0.25) is 0 Å². The van der Waals surface area contributed by atoms with E-state index in [-0.39, 0.29) is 5.56 Å². The Hall–Kier alpha value is -0.940. The highest BCUT2D eigenvalue weighted by atomic mass is 32.1. The molecule has 0 bridgehead atoms. The number of nitrogens with zero attached hydrogens (tertiary/aromatic N) is 1.